The molecule has 2 aromatic heterocycles. The van der Waals surface area contributed by atoms with Crippen LogP contribution in [0.4, 0.5) is 0 Å². The fourth-order valence-corrected chi connectivity index (χ4v) is 3.59. The molecule has 4 nitrogen and oxygen atoms in total. The number of hydrogen-bond acceptors (Lipinski definition) is 4. The third-order valence-corrected chi connectivity index (χ3v) is 5.86. The number of aryl methyl sites for hydroxylation is 3. The third kappa shape index (κ3) is 6.67. The summed E-state index contributed by atoms with van der Waals surface area (Å²) in [5, 5.41) is 10.8. The molecule has 0 aliphatic heterocycles. The van der Waals surface area contributed by atoms with E-state index >= 15 is 0 Å². The maximum Gasteiger partial charge on any atom is 0.164 e. The number of carbonyl (C=O) groups excluding carboxylic acids is 1. The minimum atomic E-state index is -0.417. The summed E-state index contributed by atoms with van der Waals surface area (Å²) in [7, 11) is 0. The number of hydrogen-bond donors (Lipinski definition) is 1. The van der Waals surface area contributed by atoms with Crippen molar-refractivity contribution in [3.05, 3.63) is 65.3 Å². The van der Waals surface area contributed by atoms with Gasteiger partial charge in [-0.1, -0.05) is 64.6 Å². The van der Waals surface area contributed by atoms with Crippen molar-refractivity contribution in [1.82, 2.24) is 4.98 Å². The van der Waals surface area contributed by atoms with Crippen molar-refractivity contribution in [2.45, 2.75) is 74.1 Å². The molecule has 0 saturated heterocycles. The Labute approximate surface area is 217 Å². The van der Waals surface area contributed by atoms with Crippen molar-refractivity contribution in [3.8, 4) is 11.3 Å². The van der Waals surface area contributed by atoms with Crippen LogP contribution in [0.2, 0.25) is 0 Å². The van der Waals surface area contributed by atoms with Crippen LogP contribution in [-0.4, -0.2) is 15.9 Å². The van der Waals surface area contributed by atoms with Gasteiger partial charge in [0.1, 0.15) is 5.76 Å². The fraction of sp³-hybridized carbons (Fsp3) is 0.448. The van der Waals surface area contributed by atoms with Gasteiger partial charge in [-0.25, -0.2) is 0 Å². The van der Waals surface area contributed by atoms with Crippen LogP contribution in [-0.2, 0) is 37.7 Å². The molecule has 185 valence electrons. The van der Waals surface area contributed by atoms with E-state index in [4.69, 9.17) is 4.42 Å². The SMILES string of the molecule is CC(C)(C)C(=O)/C=C(\O)C(C)(C)C.Cc1ccc(-c2[c-]ccc3c4c(oc23)CCCC4)nc1.[Ir]. The largest absolute Gasteiger partial charge is 0.512 e. The van der Waals surface area contributed by atoms with Gasteiger partial charge in [0.25, 0.3) is 0 Å². The summed E-state index contributed by atoms with van der Waals surface area (Å²) >= 11 is 0. The van der Waals surface area contributed by atoms with Crippen molar-refractivity contribution < 1.29 is 34.4 Å². The number of carbonyl (C=O) groups is 1. The van der Waals surface area contributed by atoms with Crippen LogP contribution in [0.25, 0.3) is 22.2 Å². The molecule has 0 unspecified atom stereocenters. The van der Waals surface area contributed by atoms with Gasteiger partial charge in [-0.15, -0.1) is 18.2 Å². The summed E-state index contributed by atoms with van der Waals surface area (Å²) in [6.07, 6.45) is 7.91. The van der Waals surface area contributed by atoms with E-state index in [1.165, 1.54) is 41.2 Å². The van der Waals surface area contributed by atoms with Crippen LogP contribution in [0.15, 0.2) is 46.7 Å². The molecule has 2 heterocycles. The Morgan fingerprint density at radius 3 is 2.32 bits per heavy atom. The predicted molar refractivity (Wildman–Crippen MR) is 134 cm³/mol. The van der Waals surface area contributed by atoms with Gasteiger partial charge in [0.05, 0.1) is 11.3 Å². The number of aliphatic hydroxyl groups is 1. The van der Waals surface area contributed by atoms with Gasteiger partial charge in [0.2, 0.25) is 0 Å². The molecule has 1 aliphatic carbocycles. The van der Waals surface area contributed by atoms with E-state index in [0.717, 1.165) is 29.7 Å². The Balaban J connectivity index is 0.000000258. The molecule has 1 radical (unpaired) electrons. The van der Waals surface area contributed by atoms with E-state index in [1.54, 1.807) is 0 Å². The first-order chi connectivity index (χ1) is 15.4. The summed E-state index contributed by atoms with van der Waals surface area (Å²) < 4.78 is 6.14. The maximum absolute atomic E-state index is 11.5. The smallest absolute Gasteiger partial charge is 0.164 e. The number of aromatic nitrogens is 1. The molecule has 0 spiro atoms. The number of pyridine rings is 1. The standard InChI is InChI=1S/C18H16NO.C11H20O2.Ir/c1-12-9-10-16(19-11-12)15-7-4-6-14-13-5-2-3-8-17(13)20-18(14)15;1-10(2,3)8(12)7-9(13)11(4,5)6;/h4,6,9-11H,2-3,5,8H2,1H3;7,12H,1-6H3;/q-1;;/b;8-7-;. The number of fused-ring (bicyclic) bond motifs is 3. The van der Waals surface area contributed by atoms with Crippen LogP contribution in [0.1, 0.15) is 71.3 Å². The molecular formula is C29H36IrNO3-. The summed E-state index contributed by atoms with van der Waals surface area (Å²) in [6.45, 7) is 13.2. The Morgan fingerprint density at radius 1 is 1.06 bits per heavy atom. The van der Waals surface area contributed by atoms with Crippen LogP contribution in [0, 0.1) is 23.8 Å². The van der Waals surface area contributed by atoms with E-state index in [-0.39, 0.29) is 37.1 Å². The Bertz CT molecular complexity index is 1160. The van der Waals surface area contributed by atoms with Gasteiger partial charge >= 0.3 is 0 Å². The summed E-state index contributed by atoms with van der Waals surface area (Å²) in [4.78, 5) is 16.0. The molecule has 3 aromatic rings. The van der Waals surface area contributed by atoms with Crippen LogP contribution in [0.5, 0.6) is 0 Å². The molecule has 0 saturated carbocycles. The average molecular weight is 639 g/mol. The monoisotopic (exact) mass is 639 g/mol. The first-order valence-electron chi connectivity index (χ1n) is 11.7. The summed E-state index contributed by atoms with van der Waals surface area (Å²) in [5.41, 5.74) is 4.67. The number of furan rings is 1. The van der Waals surface area contributed by atoms with Crippen LogP contribution < -0.4 is 0 Å². The van der Waals surface area contributed by atoms with Gasteiger partial charge in [-0.2, -0.15) is 0 Å². The number of nitrogens with zero attached hydrogens (tertiary/aromatic N) is 1. The number of allylic oxidation sites excluding steroid dienone is 2. The van der Waals surface area contributed by atoms with E-state index in [9.17, 15) is 9.90 Å². The second kappa shape index (κ2) is 11.0. The molecule has 0 bridgehead atoms. The van der Waals surface area contributed by atoms with Crippen molar-refractivity contribution in [2.75, 3.05) is 0 Å². The Kier molecular flexibility index (Phi) is 9.07. The van der Waals surface area contributed by atoms with Crippen molar-refractivity contribution in [2.24, 2.45) is 10.8 Å². The van der Waals surface area contributed by atoms with Gasteiger partial charge in [-0.3, -0.25) is 4.79 Å². The number of rotatable bonds is 2. The van der Waals surface area contributed by atoms with Gasteiger partial charge < -0.3 is 14.5 Å². The molecule has 0 fully saturated rings. The molecule has 1 N–H and O–H groups in total. The zero-order chi connectivity index (χ0) is 24.4. The molecule has 5 heteroatoms. The van der Waals surface area contributed by atoms with Crippen molar-refractivity contribution in [1.29, 1.82) is 0 Å². The molecule has 0 amide bonds. The Hall–Kier alpha value is -2.23. The molecule has 1 aromatic carbocycles. The second-order valence-corrected chi connectivity index (χ2v) is 10.9. The van der Waals surface area contributed by atoms with E-state index in [1.807, 2.05) is 66.8 Å². The topological polar surface area (TPSA) is 63.3 Å². The van der Waals surface area contributed by atoms with Crippen molar-refractivity contribution >= 4 is 16.8 Å². The summed E-state index contributed by atoms with van der Waals surface area (Å²) in [6, 6.07) is 11.5. The zero-order valence-electron chi connectivity index (χ0n) is 21.3. The normalized spacial score (nSPS) is 14.0. The fourth-order valence-electron chi connectivity index (χ4n) is 3.59. The maximum atomic E-state index is 11.5. The molecule has 34 heavy (non-hydrogen) atoms. The number of benzene rings is 1. The van der Waals surface area contributed by atoms with E-state index in [2.05, 4.69) is 23.2 Å². The van der Waals surface area contributed by atoms with Gasteiger partial charge in [-0.05, 0) is 43.0 Å². The average Bonchev–Trinajstić information content (AvgIpc) is 3.12. The van der Waals surface area contributed by atoms with Crippen LogP contribution >= 0.6 is 0 Å². The molecule has 1 aliphatic rings. The van der Waals surface area contributed by atoms with Crippen LogP contribution in [0.3, 0.4) is 0 Å². The predicted octanol–water partition coefficient (Wildman–Crippen LogP) is 7.57. The van der Waals surface area contributed by atoms with E-state index < -0.39 is 5.41 Å². The first-order valence-corrected chi connectivity index (χ1v) is 11.7. The zero-order valence-corrected chi connectivity index (χ0v) is 23.7. The second-order valence-electron chi connectivity index (χ2n) is 10.9. The minimum Gasteiger partial charge on any atom is -0.512 e. The molecular weight excluding hydrogens is 603 g/mol. The Morgan fingerprint density at radius 2 is 1.74 bits per heavy atom. The number of ketones is 1. The molecule has 0 atom stereocenters. The molecule has 4 rings (SSSR count). The third-order valence-electron chi connectivity index (χ3n) is 5.86. The van der Waals surface area contributed by atoms with E-state index in [0.29, 0.717) is 0 Å². The van der Waals surface area contributed by atoms with Gasteiger partial charge in [0, 0.05) is 49.6 Å². The quantitative estimate of drug-likeness (QED) is 0.179. The van der Waals surface area contributed by atoms with Crippen molar-refractivity contribution in [3.63, 3.8) is 0 Å². The number of aliphatic hydroxyl groups excluding tert-OH is 1. The summed E-state index contributed by atoms with van der Waals surface area (Å²) in [5.74, 6) is 1.27. The first kappa shape index (κ1) is 28.0. The van der Waals surface area contributed by atoms with Gasteiger partial charge in [0.15, 0.2) is 5.78 Å². The minimum absolute atomic E-state index is 0.